The fourth-order valence-corrected chi connectivity index (χ4v) is 4.54. The van der Waals surface area contributed by atoms with Crippen LogP contribution in [0.25, 0.3) is 0 Å². The predicted octanol–water partition coefficient (Wildman–Crippen LogP) is 4.31. The van der Waals surface area contributed by atoms with Gasteiger partial charge < -0.3 is 4.90 Å². The molecule has 1 aromatic carbocycles. The summed E-state index contributed by atoms with van der Waals surface area (Å²) in [6.07, 6.45) is 0.680. The minimum Gasteiger partial charge on any atom is -0.333 e. The van der Waals surface area contributed by atoms with Crippen LogP contribution < -0.4 is 5.32 Å². The first kappa shape index (κ1) is 17.2. The van der Waals surface area contributed by atoms with Gasteiger partial charge in [-0.1, -0.05) is 22.9 Å². The molecular formula is C18H14ClN3O2S2. The zero-order chi connectivity index (χ0) is 18.1. The van der Waals surface area contributed by atoms with E-state index in [-0.39, 0.29) is 11.8 Å². The molecule has 0 spiro atoms. The molecule has 0 unspecified atom stereocenters. The SMILES string of the molecule is O=C(Nc1nc2c(s1)CN(C(=O)c1ccc(Cl)cc1)CC2)c1ccsc1. The summed E-state index contributed by atoms with van der Waals surface area (Å²) in [4.78, 5) is 32.1. The van der Waals surface area contributed by atoms with E-state index in [1.165, 1.54) is 22.7 Å². The number of carbonyl (C=O) groups excluding carboxylic acids is 2. The van der Waals surface area contributed by atoms with Crippen LogP contribution in [0.5, 0.6) is 0 Å². The molecule has 1 N–H and O–H groups in total. The van der Waals surface area contributed by atoms with Crippen LogP contribution in [-0.2, 0) is 13.0 Å². The lowest BCUT2D eigenvalue weighted by atomic mass is 10.1. The standard InChI is InChI=1S/C18H14ClN3O2S2/c19-13-3-1-11(2-4-13)17(24)22-7-5-14-15(9-22)26-18(20-14)21-16(23)12-6-8-25-10-12/h1-4,6,8,10H,5,7,9H2,(H,20,21,23). The highest BCUT2D eigenvalue weighted by atomic mass is 35.5. The predicted molar refractivity (Wildman–Crippen MR) is 104 cm³/mol. The third-order valence-electron chi connectivity index (χ3n) is 4.11. The van der Waals surface area contributed by atoms with Crippen molar-refractivity contribution in [2.75, 3.05) is 11.9 Å². The van der Waals surface area contributed by atoms with Crippen LogP contribution in [0.4, 0.5) is 5.13 Å². The first-order valence-corrected chi connectivity index (χ1v) is 10.1. The van der Waals surface area contributed by atoms with Crippen molar-refractivity contribution in [3.8, 4) is 0 Å². The van der Waals surface area contributed by atoms with Crippen molar-refractivity contribution >= 4 is 51.2 Å². The minimum absolute atomic E-state index is 0.0235. The summed E-state index contributed by atoms with van der Waals surface area (Å²) in [7, 11) is 0. The summed E-state index contributed by atoms with van der Waals surface area (Å²) in [5.41, 5.74) is 2.20. The molecule has 0 atom stereocenters. The van der Waals surface area contributed by atoms with Crippen molar-refractivity contribution in [3.63, 3.8) is 0 Å². The second-order valence-electron chi connectivity index (χ2n) is 5.84. The highest BCUT2D eigenvalue weighted by Gasteiger charge is 2.25. The quantitative estimate of drug-likeness (QED) is 0.708. The first-order valence-electron chi connectivity index (χ1n) is 7.97. The summed E-state index contributed by atoms with van der Waals surface area (Å²) < 4.78 is 0. The molecule has 4 rings (SSSR count). The van der Waals surface area contributed by atoms with Gasteiger partial charge in [-0.25, -0.2) is 4.98 Å². The molecule has 1 aliphatic heterocycles. The number of aromatic nitrogens is 1. The highest BCUT2D eigenvalue weighted by Crippen LogP contribution is 2.29. The molecule has 0 aliphatic carbocycles. The average Bonchev–Trinajstić information content (AvgIpc) is 3.30. The number of hydrogen-bond donors (Lipinski definition) is 1. The number of hydrogen-bond acceptors (Lipinski definition) is 5. The van der Waals surface area contributed by atoms with E-state index >= 15 is 0 Å². The van der Waals surface area contributed by atoms with Gasteiger partial charge in [-0.3, -0.25) is 14.9 Å². The lowest BCUT2D eigenvalue weighted by molar-refractivity contribution is 0.0736. The molecule has 0 bridgehead atoms. The Morgan fingerprint density at radius 3 is 2.69 bits per heavy atom. The molecular weight excluding hydrogens is 390 g/mol. The maximum absolute atomic E-state index is 12.7. The normalized spacial score (nSPS) is 13.3. The summed E-state index contributed by atoms with van der Waals surface area (Å²) in [6.45, 7) is 1.11. The number of nitrogens with zero attached hydrogens (tertiary/aromatic N) is 2. The van der Waals surface area contributed by atoms with Crippen LogP contribution in [0.3, 0.4) is 0 Å². The van der Waals surface area contributed by atoms with Crippen molar-refractivity contribution in [1.29, 1.82) is 0 Å². The monoisotopic (exact) mass is 403 g/mol. The molecule has 0 saturated carbocycles. The number of fused-ring (bicyclic) bond motifs is 1. The molecule has 0 fully saturated rings. The highest BCUT2D eigenvalue weighted by molar-refractivity contribution is 7.16. The Morgan fingerprint density at radius 2 is 1.96 bits per heavy atom. The third-order valence-corrected chi connectivity index (χ3v) is 6.05. The Hall–Kier alpha value is -2.22. The van der Waals surface area contributed by atoms with Crippen molar-refractivity contribution in [3.05, 3.63) is 67.8 Å². The molecule has 1 aliphatic rings. The molecule has 0 saturated heterocycles. The summed E-state index contributed by atoms with van der Waals surface area (Å²) >= 11 is 8.79. The number of halogens is 1. The largest absolute Gasteiger partial charge is 0.333 e. The number of anilines is 1. The third kappa shape index (κ3) is 3.51. The fraction of sp³-hybridized carbons (Fsp3) is 0.167. The van der Waals surface area contributed by atoms with E-state index in [1.54, 1.807) is 40.6 Å². The Kier molecular flexibility index (Phi) is 4.76. The molecule has 0 radical (unpaired) electrons. The molecule has 2 aromatic heterocycles. The topological polar surface area (TPSA) is 62.3 Å². The van der Waals surface area contributed by atoms with E-state index < -0.39 is 0 Å². The van der Waals surface area contributed by atoms with E-state index in [0.717, 1.165) is 10.6 Å². The molecule has 5 nitrogen and oxygen atoms in total. The Bertz CT molecular complexity index is 951. The van der Waals surface area contributed by atoms with Crippen LogP contribution >= 0.6 is 34.3 Å². The van der Waals surface area contributed by atoms with Gasteiger partial charge in [-0.2, -0.15) is 11.3 Å². The van der Waals surface area contributed by atoms with Crippen LogP contribution in [0, 0.1) is 0 Å². The Balaban J connectivity index is 1.47. The molecule has 2 amide bonds. The van der Waals surface area contributed by atoms with Crippen LogP contribution in [-0.4, -0.2) is 28.2 Å². The zero-order valence-corrected chi connectivity index (χ0v) is 16.0. The second-order valence-corrected chi connectivity index (χ2v) is 8.14. The molecule has 26 heavy (non-hydrogen) atoms. The van der Waals surface area contributed by atoms with Gasteiger partial charge in [0.25, 0.3) is 11.8 Å². The van der Waals surface area contributed by atoms with Gasteiger partial charge in [-0.15, -0.1) is 0 Å². The van der Waals surface area contributed by atoms with E-state index in [9.17, 15) is 9.59 Å². The molecule has 3 aromatic rings. The van der Waals surface area contributed by atoms with E-state index in [0.29, 0.717) is 40.8 Å². The lowest BCUT2D eigenvalue weighted by Crippen LogP contribution is -2.35. The van der Waals surface area contributed by atoms with Crippen LogP contribution in [0.2, 0.25) is 5.02 Å². The smallest absolute Gasteiger partial charge is 0.258 e. The van der Waals surface area contributed by atoms with Gasteiger partial charge in [0.1, 0.15) is 0 Å². The number of carbonyl (C=O) groups is 2. The number of benzene rings is 1. The molecule has 8 heteroatoms. The summed E-state index contributed by atoms with van der Waals surface area (Å²) in [5.74, 6) is -0.184. The zero-order valence-electron chi connectivity index (χ0n) is 13.6. The molecule has 132 valence electrons. The fourth-order valence-electron chi connectivity index (χ4n) is 2.76. The van der Waals surface area contributed by atoms with E-state index in [1.807, 2.05) is 5.38 Å². The maximum Gasteiger partial charge on any atom is 0.258 e. The summed E-state index contributed by atoms with van der Waals surface area (Å²) in [5, 5.41) is 7.69. The average molecular weight is 404 g/mol. The number of rotatable bonds is 3. The first-order chi connectivity index (χ1) is 12.6. The maximum atomic E-state index is 12.7. The van der Waals surface area contributed by atoms with Gasteiger partial charge in [0.05, 0.1) is 17.8 Å². The van der Waals surface area contributed by atoms with Gasteiger partial charge in [0, 0.05) is 33.8 Å². The van der Waals surface area contributed by atoms with Crippen LogP contribution in [0.1, 0.15) is 31.3 Å². The molecule has 3 heterocycles. The Morgan fingerprint density at radius 1 is 1.15 bits per heavy atom. The number of nitrogens with one attached hydrogen (secondary N) is 1. The Labute approximate surface area is 163 Å². The van der Waals surface area contributed by atoms with Gasteiger partial charge in [0.2, 0.25) is 0 Å². The second kappa shape index (κ2) is 7.19. The van der Waals surface area contributed by atoms with Crippen LogP contribution in [0.15, 0.2) is 41.1 Å². The number of amides is 2. The lowest BCUT2D eigenvalue weighted by Gasteiger charge is -2.26. The van der Waals surface area contributed by atoms with E-state index in [4.69, 9.17) is 11.6 Å². The number of thiophene rings is 1. The van der Waals surface area contributed by atoms with E-state index in [2.05, 4.69) is 10.3 Å². The number of thiazole rings is 1. The van der Waals surface area contributed by atoms with Crippen molar-refractivity contribution in [2.45, 2.75) is 13.0 Å². The van der Waals surface area contributed by atoms with Gasteiger partial charge in [0.15, 0.2) is 5.13 Å². The van der Waals surface area contributed by atoms with Crippen molar-refractivity contribution in [2.24, 2.45) is 0 Å². The van der Waals surface area contributed by atoms with Gasteiger partial charge in [-0.05, 0) is 35.7 Å². The van der Waals surface area contributed by atoms with Gasteiger partial charge >= 0.3 is 0 Å². The minimum atomic E-state index is -0.161. The summed E-state index contributed by atoms with van der Waals surface area (Å²) in [6, 6.07) is 8.68. The van der Waals surface area contributed by atoms with Crippen molar-refractivity contribution in [1.82, 2.24) is 9.88 Å². The van der Waals surface area contributed by atoms with Crippen molar-refractivity contribution < 1.29 is 9.59 Å².